The number of hydrogen-bond acceptors (Lipinski definition) is 2. The number of rotatable bonds is 6. The van der Waals surface area contributed by atoms with Crippen LogP contribution in [0.3, 0.4) is 0 Å². The molecule has 0 radical (unpaired) electrons. The van der Waals surface area contributed by atoms with Crippen LogP contribution in [0.4, 0.5) is 0 Å². The highest BCUT2D eigenvalue weighted by molar-refractivity contribution is 5.14. The molecule has 1 rings (SSSR count). The van der Waals surface area contributed by atoms with Gasteiger partial charge in [-0.1, -0.05) is 44.2 Å². The third-order valence-electron chi connectivity index (χ3n) is 3.02. The van der Waals surface area contributed by atoms with Gasteiger partial charge in [-0.3, -0.25) is 0 Å². The van der Waals surface area contributed by atoms with Crippen LogP contribution in [0.25, 0.3) is 0 Å². The lowest BCUT2D eigenvalue weighted by atomic mass is 9.96. The molecular formula is C14H23NO. The Kier molecular flexibility index (Phi) is 5.50. The molecule has 90 valence electrons. The third kappa shape index (κ3) is 4.33. The molecule has 0 spiro atoms. The summed E-state index contributed by atoms with van der Waals surface area (Å²) in [5.74, 6) is 0.900. The fraction of sp³-hybridized carbons (Fsp3) is 0.571. The predicted octanol–water partition coefficient (Wildman–Crippen LogP) is 2.38. The van der Waals surface area contributed by atoms with Crippen LogP contribution in [0.1, 0.15) is 19.4 Å². The summed E-state index contributed by atoms with van der Waals surface area (Å²) < 4.78 is 0. The van der Waals surface area contributed by atoms with Gasteiger partial charge in [-0.2, -0.15) is 0 Å². The second kappa shape index (κ2) is 6.66. The number of aliphatic hydroxyl groups is 1. The van der Waals surface area contributed by atoms with Crippen molar-refractivity contribution in [3.8, 4) is 0 Å². The molecule has 0 aliphatic rings. The molecule has 1 atom stereocenters. The Morgan fingerprint density at radius 2 is 1.81 bits per heavy atom. The number of aliphatic hydroxyl groups excluding tert-OH is 1. The van der Waals surface area contributed by atoms with Gasteiger partial charge in [0.1, 0.15) is 0 Å². The Morgan fingerprint density at radius 3 is 2.31 bits per heavy atom. The zero-order chi connectivity index (χ0) is 12.0. The summed E-state index contributed by atoms with van der Waals surface area (Å²) in [5.41, 5.74) is 1.32. The maximum Gasteiger partial charge on any atom is 0.0473 e. The highest BCUT2D eigenvalue weighted by atomic mass is 16.3. The summed E-state index contributed by atoms with van der Waals surface area (Å²) in [4.78, 5) is 2.27. The topological polar surface area (TPSA) is 23.5 Å². The zero-order valence-corrected chi connectivity index (χ0v) is 10.6. The number of hydrogen-bond donors (Lipinski definition) is 1. The number of nitrogens with zero attached hydrogens (tertiary/aromatic N) is 1. The van der Waals surface area contributed by atoms with Crippen LogP contribution in [0.2, 0.25) is 0 Å². The first kappa shape index (κ1) is 13.2. The second-order valence-corrected chi connectivity index (χ2v) is 4.87. The highest BCUT2D eigenvalue weighted by Gasteiger charge is 2.14. The molecule has 0 fully saturated rings. The molecule has 0 heterocycles. The maximum absolute atomic E-state index is 9.28. The summed E-state index contributed by atoms with van der Waals surface area (Å²) in [6.45, 7) is 6.50. The van der Waals surface area contributed by atoms with E-state index < -0.39 is 0 Å². The smallest absolute Gasteiger partial charge is 0.0473 e. The SMILES string of the molecule is CC(C)C(CO)CN(C)Cc1ccccc1. The van der Waals surface area contributed by atoms with Crippen molar-refractivity contribution >= 4 is 0 Å². The van der Waals surface area contributed by atoms with Crippen molar-refractivity contribution in [2.45, 2.75) is 20.4 Å². The van der Waals surface area contributed by atoms with Gasteiger partial charge >= 0.3 is 0 Å². The van der Waals surface area contributed by atoms with Crippen molar-refractivity contribution in [1.82, 2.24) is 4.90 Å². The Balaban J connectivity index is 2.44. The molecular weight excluding hydrogens is 198 g/mol. The largest absolute Gasteiger partial charge is 0.396 e. The van der Waals surface area contributed by atoms with E-state index in [-0.39, 0.29) is 6.61 Å². The molecule has 0 amide bonds. The Morgan fingerprint density at radius 1 is 1.19 bits per heavy atom. The lowest BCUT2D eigenvalue weighted by Crippen LogP contribution is -2.30. The molecule has 0 aromatic heterocycles. The van der Waals surface area contributed by atoms with E-state index in [1.807, 2.05) is 6.07 Å². The summed E-state index contributed by atoms with van der Waals surface area (Å²) in [6.07, 6.45) is 0. The van der Waals surface area contributed by atoms with Crippen molar-refractivity contribution in [2.75, 3.05) is 20.2 Å². The second-order valence-electron chi connectivity index (χ2n) is 4.87. The molecule has 1 aromatic carbocycles. The van der Waals surface area contributed by atoms with E-state index in [4.69, 9.17) is 0 Å². The normalized spacial score (nSPS) is 13.4. The van der Waals surface area contributed by atoms with Gasteiger partial charge in [0.25, 0.3) is 0 Å². The van der Waals surface area contributed by atoms with Crippen molar-refractivity contribution in [3.63, 3.8) is 0 Å². The summed E-state index contributed by atoms with van der Waals surface area (Å²) >= 11 is 0. The summed E-state index contributed by atoms with van der Waals surface area (Å²) in [6, 6.07) is 10.4. The van der Waals surface area contributed by atoms with Gasteiger partial charge in [0, 0.05) is 19.7 Å². The van der Waals surface area contributed by atoms with E-state index in [0.29, 0.717) is 11.8 Å². The fourth-order valence-electron chi connectivity index (χ4n) is 1.84. The molecule has 0 aliphatic heterocycles. The van der Waals surface area contributed by atoms with Crippen LogP contribution >= 0.6 is 0 Å². The van der Waals surface area contributed by atoms with E-state index in [1.165, 1.54) is 5.56 Å². The van der Waals surface area contributed by atoms with Crippen LogP contribution < -0.4 is 0 Å². The maximum atomic E-state index is 9.28. The lowest BCUT2D eigenvalue weighted by Gasteiger charge is -2.25. The first-order chi connectivity index (χ1) is 7.63. The van der Waals surface area contributed by atoms with Crippen LogP contribution in [0, 0.1) is 11.8 Å². The Bertz CT molecular complexity index is 284. The zero-order valence-electron chi connectivity index (χ0n) is 10.6. The van der Waals surface area contributed by atoms with Gasteiger partial charge in [-0.05, 0) is 24.4 Å². The van der Waals surface area contributed by atoms with Crippen LogP contribution in [-0.4, -0.2) is 30.2 Å². The van der Waals surface area contributed by atoms with Gasteiger partial charge in [0.15, 0.2) is 0 Å². The summed E-state index contributed by atoms with van der Waals surface area (Å²) in [7, 11) is 2.11. The third-order valence-corrected chi connectivity index (χ3v) is 3.02. The molecule has 0 saturated carbocycles. The predicted molar refractivity (Wildman–Crippen MR) is 68.2 cm³/mol. The minimum absolute atomic E-state index is 0.275. The lowest BCUT2D eigenvalue weighted by molar-refractivity contribution is 0.143. The monoisotopic (exact) mass is 221 g/mol. The van der Waals surface area contributed by atoms with Gasteiger partial charge in [-0.25, -0.2) is 0 Å². The van der Waals surface area contributed by atoms with Crippen LogP contribution in [0.5, 0.6) is 0 Å². The first-order valence-electron chi connectivity index (χ1n) is 5.96. The van der Waals surface area contributed by atoms with Gasteiger partial charge < -0.3 is 10.0 Å². The molecule has 2 nitrogen and oxygen atoms in total. The van der Waals surface area contributed by atoms with E-state index in [1.54, 1.807) is 0 Å². The van der Waals surface area contributed by atoms with Gasteiger partial charge in [0.05, 0.1) is 0 Å². The standard InChI is InChI=1S/C14H23NO/c1-12(2)14(11-16)10-15(3)9-13-7-5-4-6-8-13/h4-8,12,14,16H,9-11H2,1-3H3. The van der Waals surface area contributed by atoms with E-state index in [2.05, 4.69) is 50.1 Å². The minimum atomic E-state index is 0.275. The quantitative estimate of drug-likeness (QED) is 0.797. The van der Waals surface area contributed by atoms with Crippen molar-refractivity contribution in [2.24, 2.45) is 11.8 Å². The van der Waals surface area contributed by atoms with E-state index >= 15 is 0 Å². The van der Waals surface area contributed by atoms with Crippen molar-refractivity contribution in [1.29, 1.82) is 0 Å². The molecule has 0 aliphatic carbocycles. The Labute approximate surface area is 98.9 Å². The van der Waals surface area contributed by atoms with E-state index in [0.717, 1.165) is 13.1 Å². The molecule has 1 unspecified atom stereocenters. The molecule has 0 saturated heterocycles. The van der Waals surface area contributed by atoms with Crippen molar-refractivity contribution < 1.29 is 5.11 Å². The average Bonchev–Trinajstić information content (AvgIpc) is 2.27. The Hall–Kier alpha value is -0.860. The van der Waals surface area contributed by atoms with Gasteiger partial charge in [0.2, 0.25) is 0 Å². The summed E-state index contributed by atoms with van der Waals surface area (Å²) in [5, 5.41) is 9.28. The number of benzene rings is 1. The highest BCUT2D eigenvalue weighted by Crippen LogP contribution is 2.12. The van der Waals surface area contributed by atoms with Crippen LogP contribution in [-0.2, 0) is 6.54 Å². The fourth-order valence-corrected chi connectivity index (χ4v) is 1.84. The molecule has 2 heteroatoms. The molecule has 1 aromatic rings. The minimum Gasteiger partial charge on any atom is -0.396 e. The molecule has 16 heavy (non-hydrogen) atoms. The molecule has 0 bridgehead atoms. The van der Waals surface area contributed by atoms with Crippen LogP contribution in [0.15, 0.2) is 30.3 Å². The van der Waals surface area contributed by atoms with Crippen molar-refractivity contribution in [3.05, 3.63) is 35.9 Å². The van der Waals surface area contributed by atoms with E-state index in [9.17, 15) is 5.11 Å². The van der Waals surface area contributed by atoms with Gasteiger partial charge in [-0.15, -0.1) is 0 Å². The molecule has 1 N–H and O–H groups in total. The average molecular weight is 221 g/mol. The first-order valence-corrected chi connectivity index (χ1v) is 5.96.